The maximum absolute atomic E-state index is 5.82. The minimum absolute atomic E-state index is 0.670. The van der Waals surface area contributed by atoms with Gasteiger partial charge in [0, 0.05) is 17.4 Å². The molecule has 2 aromatic rings. The largest absolute Gasteiger partial charge is 0.439 e. The van der Waals surface area contributed by atoms with Gasteiger partial charge in [-0.3, -0.25) is 0 Å². The third kappa shape index (κ3) is 2.04. The van der Waals surface area contributed by atoms with Crippen molar-refractivity contribution in [2.24, 2.45) is 0 Å². The Bertz CT molecular complexity index is 593. The molecule has 3 heteroatoms. The van der Waals surface area contributed by atoms with Crippen molar-refractivity contribution in [2.75, 3.05) is 5.73 Å². The third-order valence-corrected chi connectivity index (χ3v) is 3.32. The minimum Gasteiger partial charge on any atom is -0.439 e. The number of fused-ring (bicyclic) bond motifs is 1. The summed E-state index contributed by atoms with van der Waals surface area (Å²) < 4.78 is 5.82. The van der Waals surface area contributed by atoms with Gasteiger partial charge >= 0.3 is 0 Å². The molecule has 2 N–H and O–H groups in total. The van der Waals surface area contributed by atoms with E-state index in [1.54, 1.807) is 0 Å². The summed E-state index contributed by atoms with van der Waals surface area (Å²) in [5.41, 5.74) is 10.0. The number of nitrogen functional groups attached to an aromatic ring is 1. The van der Waals surface area contributed by atoms with Gasteiger partial charge in [-0.05, 0) is 55.5 Å². The van der Waals surface area contributed by atoms with Crippen LogP contribution in [-0.4, -0.2) is 4.98 Å². The molecule has 92 valence electrons. The first kappa shape index (κ1) is 11.1. The zero-order chi connectivity index (χ0) is 12.5. The number of hydrogen-bond acceptors (Lipinski definition) is 3. The Balaban J connectivity index is 1.88. The average Bonchev–Trinajstić information content (AvgIpc) is 2.80. The highest BCUT2D eigenvalue weighted by Crippen LogP contribution is 2.28. The van der Waals surface area contributed by atoms with Gasteiger partial charge in [-0.25, -0.2) is 4.98 Å². The van der Waals surface area contributed by atoms with Gasteiger partial charge in [0.1, 0.15) is 5.75 Å². The summed E-state index contributed by atoms with van der Waals surface area (Å²) in [6, 6.07) is 9.70. The summed E-state index contributed by atoms with van der Waals surface area (Å²) in [7, 11) is 0. The van der Waals surface area contributed by atoms with Crippen LogP contribution in [0.15, 0.2) is 30.3 Å². The molecule has 1 aromatic carbocycles. The van der Waals surface area contributed by atoms with E-state index < -0.39 is 0 Å². The van der Waals surface area contributed by atoms with Crippen LogP contribution in [0.2, 0.25) is 0 Å². The number of hydrogen-bond donors (Lipinski definition) is 1. The minimum atomic E-state index is 0.670. The maximum Gasteiger partial charge on any atom is 0.219 e. The normalized spacial score (nSPS) is 13.4. The summed E-state index contributed by atoms with van der Waals surface area (Å²) in [5, 5.41) is 0. The molecular formula is C15H16N2O. The van der Waals surface area contributed by atoms with E-state index >= 15 is 0 Å². The summed E-state index contributed by atoms with van der Waals surface area (Å²) in [6.45, 7) is 1.99. The number of pyridine rings is 1. The highest BCUT2D eigenvalue weighted by atomic mass is 16.5. The van der Waals surface area contributed by atoms with Crippen LogP contribution in [0, 0.1) is 6.92 Å². The van der Waals surface area contributed by atoms with Crippen LogP contribution < -0.4 is 10.5 Å². The first-order chi connectivity index (χ1) is 8.72. The van der Waals surface area contributed by atoms with Crippen LogP contribution in [0.1, 0.15) is 23.2 Å². The number of ether oxygens (including phenoxy) is 1. The second-order valence-corrected chi connectivity index (χ2v) is 4.74. The van der Waals surface area contributed by atoms with Crippen LogP contribution >= 0.6 is 0 Å². The predicted octanol–water partition coefficient (Wildman–Crippen LogP) is 3.25. The molecule has 0 fully saturated rings. The first-order valence-electron chi connectivity index (χ1n) is 6.25. The van der Waals surface area contributed by atoms with Gasteiger partial charge in [-0.15, -0.1) is 0 Å². The van der Waals surface area contributed by atoms with Crippen molar-refractivity contribution >= 4 is 5.69 Å². The van der Waals surface area contributed by atoms with Gasteiger partial charge in [0.25, 0.3) is 0 Å². The molecule has 3 rings (SSSR count). The fourth-order valence-corrected chi connectivity index (χ4v) is 2.36. The number of benzene rings is 1. The second kappa shape index (κ2) is 4.33. The summed E-state index contributed by atoms with van der Waals surface area (Å²) in [6.07, 6.45) is 3.41. The van der Waals surface area contributed by atoms with E-state index in [0.717, 1.165) is 29.8 Å². The Morgan fingerprint density at radius 2 is 2.06 bits per heavy atom. The third-order valence-electron chi connectivity index (χ3n) is 3.32. The zero-order valence-electron chi connectivity index (χ0n) is 10.4. The molecule has 0 radical (unpaired) electrons. The molecule has 18 heavy (non-hydrogen) atoms. The van der Waals surface area contributed by atoms with E-state index in [0.29, 0.717) is 5.88 Å². The van der Waals surface area contributed by atoms with Crippen molar-refractivity contribution in [3.05, 3.63) is 47.2 Å². The molecule has 1 heterocycles. The molecule has 1 aliphatic carbocycles. The van der Waals surface area contributed by atoms with Crippen molar-refractivity contribution in [1.82, 2.24) is 4.98 Å². The Morgan fingerprint density at radius 3 is 2.89 bits per heavy atom. The summed E-state index contributed by atoms with van der Waals surface area (Å²) in [5.74, 6) is 1.48. The summed E-state index contributed by atoms with van der Waals surface area (Å²) >= 11 is 0. The molecular weight excluding hydrogens is 224 g/mol. The highest BCUT2D eigenvalue weighted by Gasteiger charge is 2.13. The second-order valence-electron chi connectivity index (χ2n) is 4.74. The number of anilines is 1. The quantitative estimate of drug-likeness (QED) is 0.820. The Kier molecular flexibility index (Phi) is 2.67. The Labute approximate surface area is 107 Å². The SMILES string of the molecule is Cc1cc(N)ccc1Oc1ccc2c(n1)CCC2. The van der Waals surface area contributed by atoms with E-state index in [9.17, 15) is 0 Å². The van der Waals surface area contributed by atoms with Crippen LogP contribution in [0.25, 0.3) is 0 Å². The fraction of sp³-hybridized carbons (Fsp3) is 0.267. The molecule has 0 spiro atoms. The first-order valence-corrected chi connectivity index (χ1v) is 6.25. The van der Waals surface area contributed by atoms with E-state index in [-0.39, 0.29) is 0 Å². The zero-order valence-corrected chi connectivity index (χ0v) is 10.4. The van der Waals surface area contributed by atoms with Gasteiger partial charge in [-0.2, -0.15) is 0 Å². The number of nitrogens with zero attached hydrogens (tertiary/aromatic N) is 1. The van der Waals surface area contributed by atoms with Gasteiger partial charge in [0.15, 0.2) is 0 Å². The van der Waals surface area contributed by atoms with Crippen molar-refractivity contribution in [2.45, 2.75) is 26.2 Å². The molecule has 1 aliphatic rings. The molecule has 0 unspecified atom stereocenters. The fourth-order valence-electron chi connectivity index (χ4n) is 2.36. The van der Waals surface area contributed by atoms with Crippen LogP contribution in [0.5, 0.6) is 11.6 Å². The topological polar surface area (TPSA) is 48.1 Å². The van der Waals surface area contributed by atoms with E-state index in [2.05, 4.69) is 11.1 Å². The number of rotatable bonds is 2. The monoisotopic (exact) mass is 240 g/mol. The maximum atomic E-state index is 5.82. The summed E-state index contributed by atoms with van der Waals surface area (Å²) in [4.78, 5) is 4.56. The molecule has 0 aliphatic heterocycles. The molecule has 0 atom stereocenters. The smallest absolute Gasteiger partial charge is 0.219 e. The van der Waals surface area contributed by atoms with Gasteiger partial charge in [0.2, 0.25) is 5.88 Å². The average molecular weight is 240 g/mol. The van der Waals surface area contributed by atoms with Gasteiger partial charge < -0.3 is 10.5 Å². The number of nitrogens with two attached hydrogens (primary N) is 1. The van der Waals surface area contributed by atoms with Crippen LogP contribution in [0.3, 0.4) is 0 Å². The lowest BCUT2D eigenvalue weighted by molar-refractivity contribution is 0.458. The van der Waals surface area contributed by atoms with Crippen molar-refractivity contribution in [1.29, 1.82) is 0 Å². The molecule has 0 saturated heterocycles. The Morgan fingerprint density at radius 1 is 1.17 bits per heavy atom. The van der Waals surface area contributed by atoms with E-state index in [1.165, 1.54) is 17.7 Å². The molecule has 0 bridgehead atoms. The molecule has 3 nitrogen and oxygen atoms in total. The predicted molar refractivity (Wildman–Crippen MR) is 71.9 cm³/mol. The van der Waals surface area contributed by atoms with Crippen molar-refractivity contribution < 1.29 is 4.74 Å². The van der Waals surface area contributed by atoms with E-state index in [4.69, 9.17) is 10.5 Å². The lowest BCUT2D eigenvalue weighted by atomic mass is 10.2. The van der Waals surface area contributed by atoms with Gasteiger partial charge in [-0.1, -0.05) is 6.07 Å². The van der Waals surface area contributed by atoms with Crippen LogP contribution in [-0.2, 0) is 12.8 Å². The van der Waals surface area contributed by atoms with Gasteiger partial charge in [0.05, 0.1) is 0 Å². The highest BCUT2D eigenvalue weighted by molar-refractivity contribution is 5.48. The lowest BCUT2D eigenvalue weighted by Gasteiger charge is -2.09. The number of aromatic nitrogens is 1. The molecule has 1 aromatic heterocycles. The standard InChI is InChI=1S/C15H16N2O/c1-10-9-12(16)6-7-14(10)18-15-8-5-11-3-2-4-13(11)17-15/h5-9H,2-4,16H2,1H3. The van der Waals surface area contributed by atoms with Crippen LogP contribution in [0.4, 0.5) is 5.69 Å². The lowest BCUT2D eigenvalue weighted by Crippen LogP contribution is -1.95. The van der Waals surface area contributed by atoms with E-state index in [1.807, 2.05) is 31.2 Å². The Hall–Kier alpha value is -2.03. The van der Waals surface area contributed by atoms with Crippen molar-refractivity contribution in [3.8, 4) is 11.6 Å². The molecule has 0 amide bonds. The van der Waals surface area contributed by atoms with Crippen molar-refractivity contribution in [3.63, 3.8) is 0 Å². The number of aryl methyl sites for hydroxylation is 3. The molecule has 0 saturated carbocycles.